The van der Waals surface area contributed by atoms with Gasteiger partial charge in [0.05, 0.1) is 10.6 Å². The Labute approximate surface area is 152 Å². The van der Waals surface area contributed by atoms with E-state index in [2.05, 4.69) is 5.32 Å². The van der Waals surface area contributed by atoms with Crippen LogP contribution in [0.25, 0.3) is 0 Å². The standard InChI is InChI=1S/C16H13ClN2O5S/c1-25-14-5-3-2-4-12(14)18-15(20)9-24-16(21)11-8-10(17)6-7-13(11)19(22)23/h2-8H,9H2,1H3,(H,18,20). The van der Waals surface area contributed by atoms with Gasteiger partial charge in [0.1, 0.15) is 5.56 Å². The smallest absolute Gasteiger partial charge is 0.345 e. The molecule has 25 heavy (non-hydrogen) atoms. The number of hydrogen-bond acceptors (Lipinski definition) is 6. The van der Waals surface area contributed by atoms with Gasteiger partial charge in [0.25, 0.3) is 11.6 Å². The summed E-state index contributed by atoms with van der Waals surface area (Å²) < 4.78 is 4.86. The molecule has 2 aromatic carbocycles. The summed E-state index contributed by atoms with van der Waals surface area (Å²) in [5, 5.41) is 13.7. The maximum absolute atomic E-state index is 12.0. The van der Waals surface area contributed by atoms with E-state index < -0.39 is 29.1 Å². The lowest BCUT2D eigenvalue weighted by Gasteiger charge is -2.09. The maximum Gasteiger partial charge on any atom is 0.345 e. The number of benzene rings is 2. The van der Waals surface area contributed by atoms with E-state index in [0.717, 1.165) is 17.0 Å². The topological polar surface area (TPSA) is 98.5 Å². The second kappa shape index (κ2) is 8.50. The summed E-state index contributed by atoms with van der Waals surface area (Å²) in [6.45, 7) is -0.578. The summed E-state index contributed by atoms with van der Waals surface area (Å²) in [4.78, 5) is 35.1. The van der Waals surface area contributed by atoms with Crippen LogP contribution in [0.15, 0.2) is 47.4 Å². The number of nitro benzene ring substituents is 1. The summed E-state index contributed by atoms with van der Waals surface area (Å²) >= 11 is 7.21. The minimum atomic E-state index is -0.998. The Hall–Kier alpha value is -2.58. The van der Waals surface area contributed by atoms with Crippen LogP contribution in [0.3, 0.4) is 0 Å². The van der Waals surface area contributed by atoms with Gasteiger partial charge in [-0.05, 0) is 30.5 Å². The molecule has 0 saturated heterocycles. The first-order chi connectivity index (χ1) is 11.9. The predicted octanol–water partition coefficient (Wildman–Crippen LogP) is 3.77. The van der Waals surface area contributed by atoms with Gasteiger partial charge in [0.2, 0.25) is 0 Å². The van der Waals surface area contributed by atoms with Crippen LogP contribution in [-0.4, -0.2) is 29.7 Å². The highest BCUT2D eigenvalue weighted by molar-refractivity contribution is 7.98. The zero-order chi connectivity index (χ0) is 18.4. The maximum atomic E-state index is 12.0. The zero-order valence-corrected chi connectivity index (χ0v) is 14.6. The van der Waals surface area contributed by atoms with Crippen molar-refractivity contribution in [3.63, 3.8) is 0 Å². The average Bonchev–Trinajstić information content (AvgIpc) is 2.59. The largest absolute Gasteiger partial charge is 0.452 e. The minimum absolute atomic E-state index is 0.149. The lowest BCUT2D eigenvalue weighted by molar-refractivity contribution is -0.385. The third-order valence-electron chi connectivity index (χ3n) is 3.09. The summed E-state index contributed by atoms with van der Waals surface area (Å²) in [7, 11) is 0. The summed E-state index contributed by atoms with van der Waals surface area (Å²) in [6, 6.07) is 10.7. The molecular weight excluding hydrogens is 368 g/mol. The van der Waals surface area contributed by atoms with Crippen LogP contribution in [0.4, 0.5) is 11.4 Å². The Kier molecular flexibility index (Phi) is 6.37. The molecule has 0 bridgehead atoms. The van der Waals surface area contributed by atoms with Gasteiger partial charge in [0.15, 0.2) is 6.61 Å². The Bertz CT molecular complexity index is 828. The number of halogens is 1. The van der Waals surface area contributed by atoms with Crippen LogP contribution in [0.5, 0.6) is 0 Å². The fourth-order valence-corrected chi connectivity index (χ4v) is 2.70. The molecular formula is C16H13ClN2O5S. The summed E-state index contributed by atoms with van der Waals surface area (Å²) in [5.41, 5.74) is -0.165. The molecule has 1 amide bonds. The number of thioether (sulfide) groups is 1. The molecule has 0 radical (unpaired) electrons. The lowest BCUT2D eigenvalue weighted by Crippen LogP contribution is -2.21. The second-order valence-electron chi connectivity index (χ2n) is 4.74. The van der Waals surface area contributed by atoms with Gasteiger partial charge in [0, 0.05) is 16.0 Å². The molecule has 0 atom stereocenters. The first-order valence-electron chi connectivity index (χ1n) is 6.96. The van der Waals surface area contributed by atoms with Crippen LogP contribution in [0.2, 0.25) is 5.02 Å². The van der Waals surface area contributed by atoms with Crippen LogP contribution in [-0.2, 0) is 9.53 Å². The highest BCUT2D eigenvalue weighted by Gasteiger charge is 2.22. The molecule has 0 fully saturated rings. The van der Waals surface area contributed by atoms with Gasteiger partial charge in [-0.2, -0.15) is 0 Å². The van der Waals surface area contributed by atoms with Crippen molar-refractivity contribution in [2.24, 2.45) is 0 Å². The number of amides is 1. The number of nitrogens with one attached hydrogen (secondary N) is 1. The van der Waals surface area contributed by atoms with Crippen molar-refractivity contribution in [1.82, 2.24) is 0 Å². The third kappa shape index (κ3) is 4.94. The van der Waals surface area contributed by atoms with Gasteiger partial charge in [-0.15, -0.1) is 11.8 Å². The molecule has 2 aromatic rings. The Morgan fingerprint density at radius 3 is 2.68 bits per heavy atom. The van der Waals surface area contributed by atoms with Gasteiger partial charge in [-0.3, -0.25) is 14.9 Å². The van der Waals surface area contributed by atoms with E-state index in [1.807, 2.05) is 18.4 Å². The number of para-hydroxylation sites is 1. The number of carbonyl (C=O) groups is 2. The third-order valence-corrected chi connectivity index (χ3v) is 4.12. The Balaban J connectivity index is 2.04. The molecule has 0 aliphatic carbocycles. The van der Waals surface area contributed by atoms with Crippen LogP contribution >= 0.6 is 23.4 Å². The minimum Gasteiger partial charge on any atom is -0.452 e. The van der Waals surface area contributed by atoms with E-state index in [-0.39, 0.29) is 10.6 Å². The first kappa shape index (κ1) is 18.8. The van der Waals surface area contributed by atoms with E-state index in [1.165, 1.54) is 17.8 Å². The molecule has 0 aromatic heterocycles. The van der Waals surface area contributed by atoms with Crippen LogP contribution in [0.1, 0.15) is 10.4 Å². The lowest BCUT2D eigenvalue weighted by atomic mass is 10.2. The number of hydrogen-bond donors (Lipinski definition) is 1. The average molecular weight is 381 g/mol. The van der Waals surface area contributed by atoms with Crippen molar-refractivity contribution in [3.05, 3.63) is 63.2 Å². The molecule has 7 nitrogen and oxygen atoms in total. The van der Waals surface area contributed by atoms with Gasteiger partial charge in [-0.1, -0.05) is 23.7 Å². The SMILES string of the molecule is CSc1ccccc1NC(=O)COC(=O)c1cc(Cl)ccc1[N+](=O)[O-]. The van der Waals surface area contributed by atoms with Crippen molar-refractivity contribution in [2.45, 2.75) is 4.90 Å². The van der Waals surface area contributed by atoms with E-state index in [9.17, 15) is 19.7 Å². The molecule has 0 saturated carbocycles. The van der Waals surface area contributed by atoms with Crippen molar-refractivity contribution in [2.75, 3.05) is 18.2 Å². The molecule has 0 aliphatic heterocycles. The van der Waals surface area contributed by atoms with E-state index in [0.29, 0.717) is 5.69 Å². The predicted molar refractivity (Wildman–Crippen MR) is 95.2 cm³/mol. The van der Waals surface area contributed by atoms with Gasteiger partial charge in [-0.25, -0.2) is 4.79 Å². The van der Waals surface area contributed by atoms with Gasteiger partial charge >= 0.3 is 5.97 Å². The van der Waals surface area contributed by atoms with E-state index in [4.69, 9.17) is 16.3 Å². The van der Waals surface area contributed by atoms with Crippen molar-refractivity contribution in [1.29, 1.82) is 0 Å². The molecule has 0 aliphatic rings. The van der Waals surface area contributed by atoms with E-state index >= 15 is 0 Å². The van der Waals surface area contributed by atoms with Crippen molar-refractivity contribution < 1.29 is 19.2 Å². The molecule has 0 spiro atoms. The van der Waals surface area contributed by atoms with Crippen LogP contribution < -0.4 is 5.32 Å². The highest BCUT2D eigenvalue weighted by atomic mass is 35.5. The fourth-order valence-electron chi connectivity index (χ4n) is 1.97. The molecule has 0 unspecified atom stereocenters. The van der Waals surface area contributed by atoms with Crippen molar-refractivity contribution >= 4 is 46.6 Å². The fraction of sp³-hybridized carbons (Fsp3) is 0.125. The summed E-state index contributed by atoms with van der Waals surface area (Å²) in [5.74, 6) is -1.55. The number of anilines is 1. The number of rotatable bonds is 6. The number of nitrogens with zero attached hydrogens (tertiary/aromatic N) is 1. The quantitative estimate of drug-likeness (QED) is 0.354. The number of esters is 1. The number of ether oxygens (including phenoxy) is 1. The second-order valence-corrected chi connectivity index (χ2v) is 6.03. The number of carbonyl (C=O) groups excluding carboxylic acids is 2. The van der Waals surface area contributed by atoms with Crippen LogP contribution in [0, 0.1) is 10.1 Å². The molecule has 1 N–H and O–H groups in total. The first-order valence-corrected chi connectivity index (χ1v) is 8.56. The molecule has 9 heteroatoms. The zero-order valence-electron chi connectivity index (χ0n) is 13.0. The van der Waals surface area contributed by atoms with Gasteiger partial charge < -0.3 is 10.1 Å². The Morgan fingerprint density at radius 1 is 1.28 bits per heavy atom. The molecule has 130 valence electrons. The van der Waals surface area contributed by atoms with E-state index in [1.54, 1.807) is 12.1 Å². The normalized spacial score (nSPS) is 10.2. The Morgan fingerprint density at radius 2 is 2.00 bits per heavy atom. The van der Waals surface area contributed by atoms with Crippen molar-refractivity contribution in [3.8, 4) is 0 Å². The highest BCUT2D eigenvalue weighted by Crippen LogP contribution is 2.25. The molecule has 2 rings (SSSR count). The monoisotopic (exact) mass is 380 g/mol. The summed E-state index contributed by atoms with van der Waals surface area (Å²) in [6.07, 6.45) is 1.86. The number of nitro groups is 1. The molecule has 0 heterocycles.